The molecule has 0 atom stereocenters. The highest BCUT2D eigenvalue weighted by Gasteiger charge is 2.29. The number of pyridine rings is 1. The monoisotopic (exact) mass is 277 g/mol. The van der Waals surface area contributed by atoms with E-state index in [9.17, 15) is 0 Å². The van der Waals surface area contributed by atoms with Gasteiger partial charge in [0, 0.05) is 24.8 Å². The van der Waals surface area contributed by atoms with Crippen molar-refractivity contribution in [2.75, 3.05) is 11.9 Å². The normalized spacial score (nSPS) is 19.1. The summed E-state index contributed by atoms with van der Waals surface area (Å²) < 4.78 is 0. The number of rotatable bonds is 3. The van der Waals surface area contributed by atoms with Gasteiger partial charge in [0.05, 0.1) is 0 Å². The van der Waals surface area contributed by atoms with Crippen LogP contribution in [0.1, 0.15) is 45.1 Å². The zero-order chi connectivity index (χ0) is 14.0. The van der Waals surface area contributed by atoms with Crippen molar-refractivity contribution in [1.82, 2.24) is 4.98 Å². The van der Waals surface area contributed by atoms with Gasteiger partial charge in [0.15, 0.2) is 0 Å². The molecular formula is C15H23N3S. The van der Waals surface area contributed by atoms with Crippen LogP contribution in [0.4, 0.5) is 5.82 Å². The lowest BCUT2D eigenvalue weighted by Gasteiger charge is -2.39. The minimum absolute atomic E-state index is 0.432. The van der Waals surface area contributed by atoms with Crippen molar-refractivity contribution in [3.63, 3.8) is 0 Å². The van der Waals surface area contributed by atoms with Gasteiger partial charge in [0.1, 0.15) is 10.8 Å². The third kappa shape index (κ3) is 3.44. The minimum Gasteiger partial charge on any atom is -0.389 e. The van der Waals surface area contributed by atoms with Crippen molar-refractivity contribution in [1.29, 1.82) is 0 Å². The van der Waals surface area contributed by atoms with E-state index in [1.165, 1.54) is 25.7 Å². The highest BCUT2D eigenvalue weighted by atomic mass is 32.1. The summed E-state index contributed by atoms with van der Waals surface area (Å²) in [5.74, 6) is 0.968. The zero-order valence-corrected chi connectivity index (χ0v) is 12.8. The largest absolute Gasteiger partial charge is 0.389 e. The van der Waals surface area contributed by atoms with Crippen molar-refractivity contribution in [3.8, 4) is 0 Å². The molecule has 0 spiro atoms. The summed E-state index contributed by atoms with van der Waals surface area (Å²) in [7, 11) is 2.12. The van der Waals surface area contributed by atoms with Crippen LogP contribution in [0, 0.1) is 5.41 Å². The molecule has 2 rings (SSSR count). The first-order chi connectivity index (χ1) is 8.89. The van der Waals surface area contributed by atoms with E-state index in [-0.39, 0.29) is 0 Å². The first kappa shape index (κ1) is 14.3. The molecule has 1 saturated carbocycles. The summed E-state index contributed by atoms with van der Waals surface area (Å²) in [4.78, 5) is 7.15. The van der Waals surface area contributed by atoms with Crippen molar-refractivity contribution in [3.05, 3.63) is 23.9 Å². The molecule has 4 heteroatoms. The molecule has 1 aliphatic carbocycles. The highest BCUT2D eigenvalue weighted by molar-refractivity contribution is 7.80. The van der Waals surface area contributed by atoms with E-state index in [1.807, 2.05) is 12.1 Å². The van der Waals surface area contributed by atoms with Gasteiger partial charge in [-0.25, -0.2) is 4.98 Å². The first-order valence-corrected chi connectivity index (χ1v) is 7.28. The standard InChI is InChI=1S/C15H23N3S/c1-15(2)7-4-12(5-8-15)18(3)13-10-11(14(16)19)6-9-17-13/h6,9-10,12H,4-5,7-8H2,1-3H3,(H2,16,19). The Morgan fingerprint density at radius 3 is 2.63 bits per heavy atom. The van der Waals surface area contributed by atoms with Crippen molar-refractivity contribution in [2.45, 2.75) is 45.6 Å². The molecule has 0 bridgehead atoms. The Hall–Kier alpha value is -1.16. The second-order valence-corrected chi connectivity index (χ2v) is 6.71. The van der Waals surface area contributed by atoms with Crippen molar-refractivity contribution in [2.24, 2.45) is 11.1 Å². The summed E-state index contributed by atoms with van der Waals surface area (Å²) in [5, 5.41) is 0. The number of thiocarbonyl (C=S) groups is 1. The fourth-order valence-corrected chi connectivity index (χ4v) is 2.85. The summed E-state index contributed by atoms with van der Waals surface area (Å²) >= 11 is 5.03. The lowest BCUT2D eigenvalue weighted by Crippen LogP contribution is -2.37. The molecule has 1 aromatic rings. The number of nitrogens with zero attached hydrogens (tertiary/aromatic N) is 2. The fourth-order valence-electron chi connectivity index (χ4n) is 2.72. The molecule has 0 saturated heterocycles. The average molecular weight is 277 g/mol. The van der Waals surface area contributed by atoms with E-state index in [0.29, 0.717) is 16.4 Å². The number of nitrogens with two attached hydrogens (primary N) is 1. The Kier molecular flexibility index (Phi) is 4.09. The number of hydrogen-bond donors (Lipinski definition) is 1. The minimum atomic E-state index is 0.432. The fraction of sp³-hybridized carbons (Fsp3) is 0.600. The molecule has 0 aliphatic heterocycles. The van der Waals surface area contributed by atoms with Crippen LogP contribution in [0.5, 0.6) is 0 Å². The van der Waals surface area contributed by atoms with Crippen LogP contribution in [0.25, 0.3) is 0 Å². The van der Waals surface area contributed by atoms with Crippen molar-refractivity contribution < 1.29 is 0 Å². The molecule has 1 aromatic heterocycles. The lowest BCUT2D eigenvalue weighted by atomic mass is 9.75. The van der Waals surface area contributed by atoms with Gasteiger partial charge in [-0.15, -0.1) is 0 Å². The van der Waals surface area contributed by atoms with Crippen LogP contribution in [0.3, 0.4) is 0 Å². The third-order valence-corrected chi connectivity index (χ3v) is 4.48. The molecule has 3 nitrogen and oxygen atoms in total. The molecular weight excluding hydrogens is 254 g/mol. The molecule has 0 unspecified atom stereocenters. The van der Waals surface area contributed by atoms with E-state index in [4.69, 9.17) is 18.0 Å². The lowest BCUT2D eigenvalue weighted by molar-refractivity contribution is 0.222. The van der Waals surface area contributed by atoms with Crippen LogP contribution in [0.2, 0.25) is 0 Å². The first-order valence-electron chi connectivity index (χ1n) is 6.88. The van der Waals surface area contributed by atoms with E-state index >= 15 is 0 Å². The van der Waals surface area contributed by atoms with E-state index < -0.39 is 0 Å². The van der Waals surface area contributed by atoms with Crippen LogP contribution >= 0.6 is 12.2 Å². The van der Waals surface area contributed by atoms with Crippen molar-refractivity contribution >= 4 is 23.0 Å². The van der Waals surface area contributed by atoms with E-state index in [1.54, 1.807) is 6.20 Å². The van der Waals surface area contributed by atoms with Crippen LogP contribution in [-0.4, -0.2) is 23.1 Å². The second-order valence-electron chi connectivity index (χ2n) is 6.27. The van der Waals surface area contributed by atoms with E-state index in [2.05, 4.69) is 30.8 Å². The second kappa shape index (κ2) is 5.45. The predicted molar refractivity (Wildman–Crippen MR) is 84.6 cm³/mol. The Bertz CT molecular complexity index is 460. The molecule has 0 radical (unpaired) electrons. The van der Waals surface area contributed by atoms with Crippen LogP contribution < -0.4 is 10.6 Å². The predicted octanol–water partition coefficient (Wildman–Crippen LogP) is 3.12. The summed E-state index contributed by atoms with van der Waals surface area (Å²) in [5.41, 5.74) is 7.07. The summed E-state index contributed by atoms with van der Waals surface area (Å²) in [6.45, 7) is 4.71. The van der Waals surface area contributed by atoms with Gasteiger partial charge < -0.3 is 10.6 Å². The molecule has 104 valence electrons. The Balaban J connectivity index is 2.10. The summed E-state index contributed by atoms with van der Waals surface area (Å²) in [6.07, 6.45) is 6.78. The van der Waals surface area contributed by atoms with E-state index in [0.717, 1.165) is 11.4 Å². The highest BCUT2D eigenvalue weighted by Crippen LogP contribution is 2.37. The Labute approximate surface area is 121 Å². The molecule has 0 amide bonds. The van der Waals surface area contributed by atoms with Gasteiger partial charge in [0.25, 0.3) is 0 Å². The molecule has 1 fully saturated rings. The molecule has 1 aliphatic rings. The van der Waals surface area contributed by atoms with Crippen LogP contribution in [-0.2, 0) is 0 Å². The summed E-state index contributed by atoms with van der Waals surface area (Å²) in [6, 6.07) is 4.42. The molecule has 19 heavy (non-hydrogen) atoms. The maximum Gasteiger partial charge on any atom is 0.129 e. The quantitative estimate of drug-likeness (QED) is 0.862. The smallest absolute Gasteiger partial charge is 0.129 e. The molecule has 1 heterocycles. The van der Waals surface area contributed by atoms with Gasteiger partial charge in [0.2, 0.25) is 0 Å². The van der Waals surface area contributed by atoms with Gasteiger partial charge in [-0.3, -0.25) is 0 Å². The average Bonchev–Trinajstić information content (AvgIpc) is 2.38. The maximum absolute atomic E-state index is 5.68. The van der Waals surface area contributed by atoms with Crippen LogP contribution in [0.15, 0.2) is 18.3 Å². The Morgan fingerprint density at radius 1 is 1.42 bits per heavy atom. The number of hydrogen-bond acceptors (Lipinski definition) is 3. The van der Waals surface area contributed by atoms with Gasteiger partial charge in [-0.2, -0.15) is 0 Å². The zero-order valence-electron chi connectivity index (χ0n) is 12.0. The Morgan fingerprint density at radius 2 is 2.05 bits per heavy atom. The molecule has 0 aromatic carbocycles. The topological polar surface area (TPSA) is 42.1 Å². The van der Waals surface area contributed by atoms with Gasteiger partial charge >= 0.3 is 0 Å². The maximum atomic E-state index is 5.68. The third-order valence-electron chi connectivity index (χ3n) is 4.25. The SMILES string of the molecule is CN(c1cc(C(N)=S)ccn1)C1CCC(C)(C)CC1. The number of anilines is 1. The van der Waals surface area contributed by atoms with Gasteiger partial charge in [-0.05, 0) is 43.2 Å². The molecule has 2 N–H and O–H groups in total. The number of aromatic nitrogens is 1. The van der Waals surface area contributed by atoms with Gasteiger partial charge in [-0.1, -0.05) is 26.1 Å².